The second kappa shape index (κ2) is 4.94. The van der Waals surface area contributed by atoms with Crippen molar-refractivity contribution in [3.8, 4) is 0 Å². The second-order valence-corrected chi connectivity index (χ2v) is 3.25. The molecule has 1 aliphatic rings. The Balaban J connectivity index is 2.52. The summed E-state index contributed by atoms with van der Waals surface area (Å²) in [5, 5.41) is 0. The summed E-state index contributed by atoms with van der Waals surface area (Å²) in [4.78, 5) is 11.1. The Morgan fingerprint density at radius 1 is 1.75 bits per heavy atom. The second-order valence-electron chi connectivity index (χ2n) is 2.36. The van der Waals surface area contributed by atoms with Crippen LogP contribution in [0.25, 0.3) is 0 Å². The molecule has 0 aromatic heterocycles. The Labute approximate surface area is 85.2 Å². The van der Waals surface area contributed by atoms with E-state index in [1.165, 1.54) is 6.08 Å². The molecular weight excluding hydrogens is 271 g/mol. The highest BCUT2D eigenvalue weighted by Gasteiger charge is 2.23. The molecule has 0 spiro atoms. The van der Waals surface area contributed by atoms with E-state index in [0.717, 1.165) is 0 Å². The summed E-state index contributed by atoms with van der Waals surface area (Å²) < 4.78 is 11.2. The Morgan fingerprint density at radius 2 is 2.50 bits per heavy atom. The zero-order chi connectivity index (χ0) is 8.97. The summed E-state index contributed by atoms with van der Waals surface area (Å²) in [6, 6.07) is 0. The van der Waals surface area contributed by atoms with Crippen LogP contribution in [0.2, 0.25) is 0 Å². The Kier molecular flexibility index (Phi) is 4.17. The normalized spacial score (nSPS) is 29.3. The summed E-state index contributed by atoms with van der Waals surface area (Å²) in [7, 11) is 0. The topological polar surface area (TPSA) is 35.5 Å². The van der Waals surface area contributed by atoms with E-state index in [9.17, 15) is 4.79 Å². The van der Waals surface area contributed by atoms with Crippen molar-refractivity contribution in [2.24, 2.45) is 0 Å². The molecule has 0 amide bonds. The number of carbonyl (C=O) groups is 1. The molecule has 1 rings (SSSR count). The highest BCUT2D eigenvalue weighted by molar-refractivity contribution is 14.1. The summed E-state index contributed by atoms with van der Waals surface area (Å²) in [5.74, 6) is 0.0281. The lowest BCUT2D eigenvalue weighted by molar-refractivity contribution is -0.156. The SMILES string of the molecule is CCO[C@@H]1C=CC(=O)[C@@H](CI)O1. The fourth-order valence-corrected chi connectivity index (χ4v) is 1.57. The van der Waals surface area contributed by atoms with Crippen LogP contribution in [0.5, 0.6) is 0 Å². The smallest absolute Gasteiger partial charge is 0.185 e. The third-order valence-corrected chi connectivity index (χ3v) is 2.30. The van der Waals surface area contributed by atoms with E-state index in [1.807, 2.05) is 6.92 Å². The van der Waals surface area contributed by atoms with Gasteiger partial charge in [0.05, 0.1) is 0 Å². The van der Waals surface area contributed by atoms with Crippen molar-refractivity contribution in [3.63, 3.8) is 0 Å². The number of alkyl halides is 1. The highest BCUT2D eigenvalue weighted by atomic mass is 127. The van der Waals surface area contributed by atoms with Gasteiger partial charge in [0, 0.05) is 11.0 Å². The number of hydrogen-bond acceptors (Lipinski definition) is 3. The first-order valence-electron chi connectivity index (χ1n) is 3.83. The third-order valence-electron chi connectivity index (χ3n) is 1.50. The predicted octanol–water partition coefficient (Wildman–Crippen LogP) is 1.31. The molecule has 68 valence electrons. The predicted molar refractivity (Wildman–Crippen MR) is 53.3 cm³/mol. The van der Waals surface area contributed by atoms with Gasteiger partial charge in [-0.1, -0.05) is 22.6 Å². The van der Waals surface area contributed by atoms with Crippen LogP contribution in [0.3, 0.4) is 0 Å². The van der Waals surface area contributed by atoms with Crippen LogP contribution in [0.1, 0.15) is 6.92 Å². The van der Waals surface area contributed by atoms with Gasteiger partial charge in [-0.2, -0.15) is 0 Å². The van der Waals surface area contributed by atoms with Gasteiger partial charge < -0.3 is 9.47 Å². The molecule has 0 saturated carbocycles. The lowest BCUT2D eigenvalue weighted by Gasteiger charge is -2.22. The van der Waals surface area contributed by atoms with Crippen LogP contribution >= 0.6 is 22.6 Å². The summed E-state index contributed by atoms with van der Waals surface area (Å²) in [6.45, 7) is 2.49. The monoisotopic (exact) mass is 282 g/mol. The van der Waals surface area contributed by atoms with Crippen molar-refractivity contribution in [2.75, 3.05) is 11.0 Å². The standard InChI is InChI=1S/C8H11IO3/c1-2-11-8-4-3-6(10)7(5-9)12-8/h3-4,7-8H,2,5H2,1H3/t7-,8+/m1/s1. The Bertz CT molecular complexity index is 191. The molecular formula is C8H11IO3. The molecule has 0 aromatic carbocycles. The van der Waals surface area contributed by atoms with Crippen LogP contribution in [-0.2, 0) is 14.3 Å². The van der Waals surface area contributed by atoms with E-state index in [4.69, 9.17) is 9.47 Å². The fraction of sp³-hybridized carbons (Fsp3) is 0.625. The molecule has 0 bridgehead atoms. The molecule has 0 aliphatic carbocycles. The van der Waals surface area contributed by atoms with Crippen molar-refractivity contribution >= 4 is 28.4 Å². The number of hydrogen-bond donors (Lipinski definition) is 0. The van der Waals surface area contributed by atoms with Gasteiger partial charge in [-0.15, -0.1) is 0 Å². The first-order chi connectivity index (χ1) is 5.77. The van der Waals surface area contributed by atoms with E-state index in [1.54, 1.807) is 6.08 Å². The zero-order valence-electron chi connectivity index (χ0n) is 6.83. The zero-order valence-corrected chi connectivity index (χ0v) is 8.98. The van der Waals surface area contributed by atoms with Gasteiger partial charge in [0.2, 0.25) is 0 Å². The van der Waals surface area contributed by atoms with E-state index in [-0.39, 0.29) is 18.2 Å². The van der Waals surface area contributed by atoms with Crippen molar-refractivity contribution in [3.05, 3.63) is 12.2 Å². The van der Waals surface area contributed by atoms with Gasteiger partial charge in [0.15, 0.2) is 12.1 Å². The molecule has 0 fully saturated rings. The van der Waals surface area contributed by atoms with Crippen LogP contribution in [0.4, 0.5) is 0 Å². The van der Waals surface area contributed by atoms with Crippen LogP contribution in [-0.4, -0.2) is 29.2 Å². The molecule has 0 saturated heterocycles. The van der Waals surface area contributed by atoms with E-state index in [0.29, 0.717) is 11.0 Å². The van der Waals surface area contributed by atoms with Crippen molar-refractivity contribution in [1.82, 2.24) is 0 Å². The molecule has 12 heavy (non-hydrogen) atoms. The van der Waals surface area contributed by atoms with Gasteiger partial charge in [-0.05, 0) is 19.1 Å². The van der Waals surface area contributed by atoms with Crippen molar-refractivity contribution in [2.45, 2.75) is 19.3 Å². The molecule has 1 aliphatic heterocycles. The average molecular weight is 282 g/mol. The van der Waals surface area contributed by atoms with Gasteiger partial charge in [0.25, 0.3) is 0 Å². The number of rotatable bonds is 3. The Morgan fingerprint density at radius 3 is 3.08 bits per heavy atom. The minimum absolute atomic E-state index is 0.0281. The molecule has 0 N–H and O–H groups in total. The van der Waals surface area contributed by atoms with E-state index in [2.05, 4.69) is 22.6 Å². The quantitative estimate of drug-likeness (QED) is 0.578. The molecule has 1 heterocycles. The minimum atomic E-state index is -0.340. The Hall–Kier alpha value is 0.0600. The van der Waals surface area contributed by atoms with Crippen LogP contribution in [0.15, 0.2) is 12.2 Å². The number of ether oxygens (including phenoxy) is 2. The van der Waals surface area contributed by atoms with Gasteiger partial charge in [-0.25, -0.2) is 0 Å². The molecule has 0 aromatic rings. The number of carbonyl (C=O) groups excluding carboxylic acids is 1. The molecule has 2 atom stereocenters. The maximum absolute atomic E-state index is 11.1. The van der Waals surface area contributed by atoms with Crippen molar-refractivity contribution < 1.29 is 14.3 Å². The molecule has 0 unspecified atom stereocenters. The maximum Gasteiger partial charge on any atom is 0.185 e. The first-order valence-corrected chi connectivity index (χ1v) is 5.35. The largest absolute Gasteiger partial charge is 0.349 e. The molecule has 3 nitrogen and oxygen atoms in total. The van der Waals surface area contributed by atoms with Gasteiger partial charge >= 0.3 is 0 Å². The summed E-state index contributed by atoms with van der Waals surface area (Å²) in [5.41, 5.74) is 0. The lowest BCUT2D eigenvalue weighted by atomic mass is 10.2. The van der Waals surface area contributed by atoms with Crippen molar-refractivity contribution in [1.29, 1.82) is 0 Å². The maximum atomic E-state index is 11.1. The average Bonchev–Trinajstić information content (AvgIpc) is 2.09. The number of ketones is 1. The lowest BCUT2D eigenvalue weighted by Crippen LogP contribution is -2.34. The highest BCUT2D eigenvalue weighted by Crippen LogP contribution is 2.12. The first kappa shape index (κ1) is 10.1. The number of halogens is 1. The third kappa shape index (κ3) is 2.53. The van der Waals surface area contributed by atoms with Gasteiger partial charge in [-0.3, -0.25) is 4.79 Å². The summed E-state index contributed by atoms with van der Waals surface area (Å²) in [6.07, 6.45) is 2.52. The van der Waals surface area contributed by atoms with E-state index < -0.39 is 0 Å². The molecule has 4 heteroatoms. The molecule has 0 radical (unpaired) electrons. The summed E-state index contributed by atoms with van der Waals surface area (Å²) >= 11 is 2.13. The van der Waals surface area contributed by atoms with Crippen LogP contribution < -0.4 is 0 Å². The fourth-order valence-electron chi connectivity index (χ4n) is 0.927. The van der Waals surface area contributed by atoms with Crippen LogP contribution in [0, 0.1) is 0 Å². The van der Waals surface area contributed by atoms with E-state index >= 15 is 0 Å². The van der Waals surface area contributed by atoms with Gasteiger partial charge in [0.1, 0.15) is 6.10 Å². The minimum Gasteiger partial charge on any atom is -0.349 e.